The number of rotatable bonds is 3. The molecular weight excluding hydrogens is 350 g/mol. The van der Waals surface area contributed by atoms with Gasteiger partial charge in [0.25, 0.3) is 11.6 Å². The summed E-state index contributed by atoms with van der Waals surface area (Å²) in [6.07, 6.45) is 1.66. The summed E-state index contributed by atoms with van der Waals surface area (Å²) in [6.45, 7) is 5.83. The molecule has 1 amide bonds. The molecule has 0 spiro atoms. The molecule has 1 saturated heterocycles. The summed E-state index contributed by atoms with van der Waals surface area (Å²) in [5.41, 5.74) is 4.47. The van der Waals surface area contributed by atoms with Crippen molar-refractivity contribution in [1.82, 2.24) is 5.32 Å². The summed E-state index contributed by atoms with van der Waals surface area (Å²) in [5.74, 6) is -0.260. The zero-order valence-electron chi connectivity index (χ0n) is 14.6. The molecule has 0 unspecified atom stereocenters. The molecule has 0 saturated carbocycles. The number of amidine groups is 1. The topological polar surface area (TPSA) is 84.6 Å². The van der Waals surface area contributed by atoms with Gasteiger partial charge in [0.2, 0.25) is 0 Å². The molecule has 0 aromatic heterocycles. The van der Waals surface area contributed by atoms with Crippen molar-refractivity contribution in [3.63, 3.8) is 0 Å². The average molecular weight is 367 g/mol. The second-order valence-electron chi connectivity index (χ2n) is 6.13. The van der Waals surface area contributed by atoms with Crippen molar-refractivity contribution in [2.24, 2.45) is 4.99 Å². The average Bonchev–Trinajstić information content (AvgIpc) is 2.87. The third-order valence-corrected chi connectivity index (χ3v) is 4.76. The van der Waals surface area contributed by atoms with Gasteiger partial charge in [0.05, 0.1) is 15.5 Å². The molecule has 0 atom stereocenters. The molecule has 0 bridgehead atoms. The number of benzene rings is 2. The summed E-state index contributed by atoms with van der Waals surface area (Å²) in [7, 11) is 0. The fourth-order valence-corrected chi connectivity index (χ4v) is 3.48. The number of carbonyl (C=O) groups excluding carboxylic acids is 1. The normalized spacial score (nSPS) is 17.0. The van der Waals surface area contributed by atoms with Crippen LogP contribution in [0.3, 0.4) is 0 Å². The minimum Gasteiger partial charge on any atom is -0.300 e. The molecule has 1 N–H and O–H groups in total. The molecule has 2 aromatic rings. The van der Waals surface area contributed by atoms with Crippen LogP contribution in [0.5, 0.6) is 0 Å². The Bertz CT molecular complexity index is 960. The lowest BCUT2D eigenvalue weighted by Gasteiger charge is -2.01. The van der Waals surface area contributed by atoms with Crippen molar-refractivity contribution >= 4 is 40.3 Å². The summed E-state index contributed by atoms with van der Waals surface area (Å²) in [6, 6.07) is 10.5. The highest BCUT2D eigenvalue weighted by molar-refractivity contribution is 8.18. The second kappa shape index (κ2) is 7.13. The van der Waals surface area contributed by atoms with Gasteiger partial charge in [-0.25, -0.2) is 4.99 Å². The van der Waals surface area contributed by atoms with Gasteiger partial charge in [-0.2, -0.15) is 0 Å². The molecule has 1 aliphatic rings. The number of amides is 1. The maximum absolute atomic E-state index is 12.2. The van der Waals surface area contributed by atoms with Crippen molar-refractivity contribution in [2.45, 2.75) is 20.8 Å². The molecule has 2 aromatic carbocycles. The van der Waals surface area contributed by atoms with Crippen molar-refractivity contribution in [2.75, 3.05) is 0 Å². The molecule has 0 aliphatic carbocycles. The number of non-ortho nitro benzene ring substituents is 1. The van der Waals surface area contributed by atoms with E-state index in [0.29, 0.717) is 15.6 Å². The van der Waals surface area contributed by atoms with Crippen molar-refractivity contribution < 1.29 is 9.72 Å². The third-order valence-electron chi connectivity index (χ3n) is 3.85. The Morgan fingerprint density at radius 3 is 2.46 bits per heavy atom. The second-order valence-corrected chi connectivity index (χ2v) is 7.16. The van der Waals surface area contributed by atoms with Gasteiger partial charge >= 0.3 is 0 Å². The Kier molecular flexibility index (Phi) is 4.90. The first-order valence-corrected chi connectivity index (χ1v) is 8.76. The van der Waals surface area contributed by atoms with Crippen LogP contribution in [0.1, 0.15) is 22.3 Å². The van der Waals surface area contributed by atoms with Crippen LogP contribution in [0.25, 0.3) is 6.08 Å². The highest BCUT2D eigenvalue weighted by Crippen LogP contribution is 2.30. The fourth-order valence-electron chi connectivity index (χ4n) is 2.65. The number of aryl methyl sites for hydroxylation is 3. The van der Waals surface area contributed by atoms with Crippen LogP contribution in [0.4, 0.5) is 11.4 Å². The molecule has 132 valence electrons. The smallest absolute Gasteiger partial charge is 0.270 e. The van der Waals surface area contributed by atoms with Gasteiger partial charge in [-0.15, -0.1) is 0 Å². The molecule has 6 nitrogen and oxygen atoms in total. The largest absolute Gasteiger partial charge is 0.300 e. The lowest BCUT2D eigenvalue weighted by Crippen LogP contribution is -2.19. The number of hydrogen-bond donors (Lipinski definition) is 1. The molecule has 3 rings (SSSR count). The maximum Gasteiger partial charge on any atom is 0.270 e. The lowest BCUT2D eigenvalue weighted by atomic mass is 10.1. The Balaban J connectivity index is 1.90. The Morgan fingerprint density at radius 2 is 1.81 bits per heavy atom. The molecular formula is C19H17N3O3S. The van der Waals surface area contributed by atoms with Gasteiger partial charge < -0.3 is 5.32 Å². The van der Waals surface area contributed by atoms with Crippen LogP contribution in [0.15, 0.2) is 46.3 Å². The molecule has 1 aliphatic heterocycles. The number of nitrogens with one attached hydrogen (secondary N) is 1. The van der Waals surface area contributed by atoms with E-state index in [1.165, 1.54) is 23.9 Å². The predicted octanol–water partition coefficient (Wildman–Crippen LogP) is 4.41. The lowest BCUT2D eigenvalue weighted by molar-refractivity contribution is -0.384. The Hall–Kier alpha value is -2.93. The first-order chi connectivity index (χ1) is 12.3. The van der Waals surface area contributed by atoms with Gasteiger partial charge in [-0.1, -0.05) is 12.1 Å². The first-order valence-electron chi connectivity index (χ1n) is 7.95. The number of nitro benzene ring substituents is 1. The third kappa shape index (κ3) is 4.00. The van der Waals surface area contributed by atoms with E-state index in [-0.39, 0.29) is 11.6 Å². The molecule has 1 heterocycles. The maximum atomic E-state index is 12.2. The first kappa shape index (κ1) is 17.9. The van der Waals surface area contributed by atoms with E-state index >= 15 is 0 Å². The quantitative estimate of drug-likeness (QED) is 0.495. The van der Waals surface area contributed by atoms with Crippen LogP contribution in [-0.2, 0) is 4.79 Å². The number of nitro groups is 1. The SMILES string of the molecule is Cc1cc(C)cc(N=C2NC(=O)C(=Cc3cc([N+](=O)[O-])ccc3C)S2)c1. The van der Waals surface area contributed by atoms with Gasteiger partial charge in [-0.05, 0) is 73.0 Å². The predicted molar refractivity (Wildman–Crippen MR) is 105 cm³/mol. The number of hydrogen-bond acceptors (Lipinski definition) is 5. The van der Waals surface area contributed by atoms with E-state index in [4.69, 9.17) is 0 Å². The summed E-state index contributed by atoms with van der Waals surface area (Å²) in [4.78, 5) is 27.7. The molecule has 1 fully saturated rings. The van der Waals surface area contributed by atoms with Gasteiger partial charge in [-0.3, -0.25) is 14.9 Å². The zero-order chi connectivity index (χ0) is 18.8. The fraction of sp³-hybridized carbons (Fsp3) is 0.158. The van der Waals surface area contributed by atoms with Gasteiger partial charge in [0.1, 0.15) is 0 Å². The Morgan fingerprint density at radius 1 is 1.12 bits per heavy atom. The Labute approximate surface area is 155 Å². The van der Waals surface area contributed by atoms with Crippen molar-refractivity contribution in [1.29, 1.82) is 0 Å². The minimum atomic E-state index is -0.448. The van der Waals surface area contributed by atoms with Crippen molar-refractivity contribution in [3.8, 4) is 0 Å². The number of aliphatic imine (C=N–C) groups is 1. The van der Waals surface area contributed by atoms with E-state index in [2.05, 4.69) is 16.4 Å². The molecule has 7 heteroatoms. The van der Waals surface area contributed by atoms with Crippen LogP contribution >= 0.6 is 11.8 Å². The van der Waals surface area contributed by atoms with Crippen molar-refractivity contribution in [3.05, 3.63) is 73.7 Å². The monoisotopic (exact) mass is 367 g/mol. The van der Waals surface area contributed by atoms with Crippen LogP contribution in [0.2, 0.25) is 0 Å². The van der Waals surface area contributed by atoms with Crippen LogP contribution < -0.4 is 5.32 Å². The molecule has 26 heavy (non-hydrogen) atoms. The van der Waals surface area contributed by atoms with Gasteiger partial charge in [0, 0.05) is 12.1 Å². The van der Waals surface area contributed by atoms with E-state index in [1.807, 2.05) is 32.9 Å². The summed E-state index contributed by atoms with van der Waals surface area (Å²) in [5, 5.41) is 14.2. The van der Waals surface area contributed by atoms with E-state index in [0.717, 1.165) is 22.4 Å². The summed E-state index contributed by atoms with van der Waals surface area (Å²) >= 11 is 1.22. The zero-order valence-corrected chi connectivity index (χ0v) is 15.4. The number of carbonyl (C=O) groups is 1. The standard InChI is InChI=1S/C19H17N3O3S/c1-11-6-12(2)8-15(7-11)20-19-21-18(23)17(26-19)10-14-9-16(22(24)25)5-4-13(14)3/h4-10H,1-3H3,(H,20,21,23). The highest BCUT2D eigenvalue weighted by atomic mass is 32.2. The highest BCUT2D eigenvalue weighted by Gasteiger charge is 2.24. The van der Waals surface area contributed by atoms with E-state index < -0.39 is 4.92 Å². The van der Waals surface area contributed by atoms with E-state index in [9.17, 15) is 14.9 Å². The molecule has 0 radical (unpaired) electrons. The van der Waals surface area contributed by atoms with Crippen LogP contribution in [-0.4, -0.2) is 16.0 Å². The number of thioether (sulfide) groups is 1. The minimum absolute atomic E-state index is 0.00465. The van der Waals surface area contributed by atoms with E-state index in [1.54, 1.807) is 12.1 Å². The summed E-state index contributed by atoms with van der Waals surface area (Å²) < 4.78 is 0. The van der Waals surface area contributed by atoms with Gasteiger partial charge in [0.15, 0.2) is 5.17 Å². The number of nitrogens with zero attached hydrogens (tertiary/aromatic N) is 2. The van der Waals surface area contributed by atoms with Crippen LogP contribution in [0, 0.1) is 30.9 Å².